The van der Waals surface area contributed by atoms with Crippen LogP contribution in [0.15, 0.2) is 42.5 Å². The highest BCUT2D eigenvalue weighted by Crippen LogP contribution is 2.35. The van der Waals surface area contributed by atoms with Crippen molar-refractivity contribution in [1.82, 2.24) is 10.9 Å². The number of benzene rings is 2. The maximum atomic E-state index is 12.9. The summed E-state index contributed by atoms with van der Waals surface area (Å²) in [6.07, 6.45) is 0. The highest BCUT2D eigenvalue weighted by atomic mass is 19.1. The molecule has 1 heterocycles. The molecule has 0 radical (unpaired) electrons. The van der Waals surface area contributed by atoms with Crippen LogP contribution in [0.1, 0.15) is 10.4 Å². The molecule has 0 aromatic heterocycles. The number of hydrazine groups is 1. The van der Waals surface area contributed by atoms with Crippen molar-refractivity contribution in [2.45, 2.75) is 0 Å². The maximum Gasteiger partial charge on any atom is 0.271 e. The van der Waals surface area contributed by atoms with Gasteiger partial charge in [0.2, 0.25) is 0 Å². The number of ether oxygens (including phenoxy) is 1. The van der Waals surface area contributed by atoms with E-state index in [0.29, 0.717) is 0 Å². The number of hydrogen-bond acceptors (Lipinski definition) is 6. The van der Waals surface area contributed by atoms with Gasteiger partial charge in [-0.15, -0.1) is 0 Å². The van der Waals surface area contributed by atoms with Crippen LogP contribution < -0.4 is 20.5 Å². The number of carbonyl (C=O) groups excluding carboxylic acids is 3. The van der Waals surface area contributed by atoms with Gasteiger partial charge in [0.1, 0.15) is 18.1 Å². The Morgan fingerprint density at radius 1 is 1.18 bits per heavy atom. The first-order valence-electron chi connectivity index (χ1n) is 7.91. The fraction of sp³-hybridized carbons (Fsp3) is 0.118. The van der Waals surface area contributed by atoms with E-state index in [1.165, 1.54) is 24.3 Å². The summed E-state index contributed by atoms with van der Waals surface area (Å²) in [6, 6.07) is 8.32. The monoisotopic (exact) mass is 388 g/mol. The van der Waals surface area contributed by atoms with E-state index in [2.05, 4.69) is 10.9 Å². The standard InChI is InChI=1S/C17H13FN4O6/c18-11-3-1-10(2-4-11)17(25)20-19-15(23)8-21-13-7-12(22(26)27)5-6-14(13)28-9-16(21)24/h1-7H,8-9H2,(H,19,23)(H,20,25). The van der Waals surface area contributed by atoms with Gasteiger partial charge in [-0.3, -0.25) is 40.2 Å². The number of nitrogens with one attached hydrogen (secondary N) is 2. The van der Waals surface area contributed by atoms with E-state index in [4.69, 9.17) is 4.74 Å². The molecule has 1 aliphatic rings. The average Bonchev–Trinajstić information content (AvgIpc) is 2.68. The number of hydrogen-bond donors (Lipinski definition) is 2. The molecule has 2 aromatic rings. The van der Waals surface area contributed by atoms with Crippen LogP contribution in [0.2, 0.25) is 0 Å². The zero-order valence-corrected chi connectivity index (χ0v) is 14.2. The molecule has 0 saturated carbocycles. The van der Waals surface area contributed by atoms with Crippen molar-refractivity contribution < 1.29 is 28.4 Å². The van der Waals surface area contributed by atoms with Gasteiger partial charge in [0.25, 0.3) is 23.4 Å². The Hall–Kier alpha value is -4.02. The number of rotatable bonds is 4. The molecule has 2 aromatic carbocycles. The first kappa shape index (κ1) is 18.8. The third-order valence-corrected chi connectivity index (χ3v) is 3.82. The Balaban J connectivity index is 1.67. The third kappa shape index (κ3) is 4.03. The fourth-order valence-corrected chi connectivity index (χ4v) is 2.46. The Labute approximate surface area is 157 Å². The zero-order valence-electron chi connectivity index (χ0n) is 14.2. The average molecular weight is 388 g/mol. The summed E-state index contributed by atoms with van der Waals surface area (Å²) in [4.78, 5) is 47.4. The molecule has 3 amide bonds. The lowest BCUT2D eigenvalue weighted by molar-refractivity contribution is -0.384. The van der Waals surface area contributed by atoms with Crippen LogP contribution in [0.3, 0.4) is 0 Å². The minimum atomic E-state index is -0.747. The van der Waals surface area contributed by atoms with Crippen molar-refractivity contribution in [3.05, 3.63) is 64.0 Å². The summed E-state index contributed by atoms with van der Waals surface area (Å²) in [5.41, 5.74) is 4.19. The number of anilines is 1. The van der Waals surface area contributed by atoms with E-state index in [1.54, 1.807) is 0 Å². The molecule has 144 valence electrons. The van der Waals surface area contributed by atoms with Crippen LogP contribution in [0.4, 0.5) is 15.8 Å². The number of halogens is 1. The van der Waals surface area contributed by atoms with Crippen LogP contribution in [0, 0.1) is 15.9 Å². The molecule has 0 spiro atoms. The van der Waals surface area contributed by atoms with Gasteiger partial charge >= 0.3 is 0 Å². The number of nitro benzene ring substituents is 1. The molecule has 3 rings (SSSR count). The molecule has 10 nitrogen and oxygen atoms in total. The number of amides is 3. The SMILES string of the molecule is O=C(CN1C(=O)COc2ccc([N+](=O)[O-])cc21)NNC(=O)c1ccc(F)cc1. The summed E-state index contributed by atoms with van der Waals surface area (Å²) >= 11 is 0. The van der Waals surface area contributed by atoms with Gasteiger partial charge in [0, 0.05) is 17.7 Å². The van der Waals surface area contributed by atoms with E-state index >= 15 is 0 Å². The number of carbonyl (C=O) groups is 3. The minimum Gasteiger partial charge on any atom is -0.482 e. The Morgan fingerprint density at radius 2 is 1.89 bits per heavy atom. The minimum absolute atomic E-state index is 0.0745. The Bertz CT molecular complexity index is 963. The van der Waals surface area contributed by atoms with Crippen molar-refractivity contribution in [3.8, 4) is 5.75 Å². The lowest BCUT2D eigenvalue weighted by atomic mass is 10.2. The summed E-state index contributed by atoms with van der Waals surface area (Å²) in [5, 5.41) is 10.9. The van der Waals surface area contributed by atoms with Crippen LogP contribution in [0.5, 0.6) is 5.75 Å². The quantitative estimate of drug-likeness (QED) is 0.592. The number of fused-ring (bicyclic) bond motifs is 1. The second-order valence-corrected chi connectivity index (χ2v) is 5.69. The molecule has 2 N–H and O–H groups in total. The highest BCUT2D eigenvalue weighted by Gasteiger charge is 2.29. The summed E-state index contributed by atoms with van der Waals surface area (Å²) in [6.45, 7) is -0.833. The summed E-state index contributed by atoms with van der Waals surface area (Å²) < 4.78 is 18.1. The van der Waals surface area contributed by atoms with Crippen LogP contribution >= 0.6 is 0 Å². The molecule has 0 aliphatic carbocycles. The Kier molecular flexibility index (Phi) is 5.16. The highest BCUT2D eigenvalue weighted by molar-refractivity contribution is 6.03. The van der Waals surface area contributed by atoms with E-state index in [0.717, 1.165) is 23.1 Å². The number of non-ortho nitro benzene ring substituents is 1. The zero-order chi connectivity index (χ0) is 20.3. The third-order valence-electron chi connectivity index (χ3n) is 3.82. The topological polar surface area (TPSA) is 131 Å². The Morgan fingerprint density at radius 3 is 2.57 bits per heavy atom. The molecule has 1 aliphatic heterocycles. The van der Waals surface area contributed by atoms with Crippen LogP contribution in [-0.4, -0.2) is 35.8 Å². The fourth-order valence-electron chi connectivity index (χ4n) is 2.46. The lowest BCUT2D eigenvalue weighted by Gasteiger charge is -2.28. The summed E-state index contributed by atoms with van der Waals surface area (Å²) in [5.74, 6) is -2.30. The molecular formula is C17H13FN4O6. The first-order valence-corrected chi connectivity index (χ1v) is 7.91. The molecule has 0 fully saturated rings. The number of nitrogens with zero attached hydrogens (tertiary/aromatic N) is 2. The molecule has 11 heteroatoms. The van der Waals surface area contributed by atoms with Gasteiger partial charge in [-0.1, -0.05) is 0 Å². The van der Waals surface area contributed by atoms with E-state index in [-0.39, 0.29) is 29.3 Å². The van der Waals surface area contributed by atoms with Crippen molar-refractivity contribution >= 4 is 29.1 Å². The molecular weight excluding hydrogens is 375 g/mol. The van der Waals surface area contributed by atoms with Gasteiger partial charge in [-0.2, -0.15) is 0 Å². The smallest absolute Gasteiger partial charge is 0.271 e. The van der Waals surface area contributed by atoms with Crippen LogP contribution in [0.25, 0.3) is 0 Å². The van der Waals surface area contributed by atoms with Crippen molar-refractivity contribution in [2.24, 2.45) is 0 Å². The molecule has 0 atom stereocenters. The second kappa shape index (κ2) is 7.70. The predicted octanol–water partition coefficient (Wildman–Crippen LogP) is 0.920. The maximum absolute atomic E-state index is 12.9. The second-order valence-electron chi connectivity index (χ2n) is 5.69. The van der Waals surface area contributed by atoms with Gasteiger partial charge in [-0.25, -0.2) is 4.39 Å². The van der Waals surface area contributed by atoms with Crippen molar-refractivity contribution in [3.63, 3.8) is 0 Å². The molecule has 0 bridgehead atoms. The van der Waals surface area contributed by atoms with Gasteiger partial charge in [-0.05, 0) is 30.3 Å². The van der Waals surface area contributed by atoms with Gasteiger partial charge < -0.3 is 4.74 Å². The molecule has 0 saturated heterocycles. The van der Waals surface area contributed by atoms with Gasteiger partial charge in [0.15, 0.2) is 6.61 Å². The van der Waals surface area contributed by atoms with Crippen molar-refractivity contribution in [1.29, 1.82) is 0 Å². The van der Waals surface area contributed by atoms with Gasteiger partial charge in [0.05, 0.1) is 10.6 Å². The number of nitro groups is 1. The first-order chi connectivity index (χ1) is 13.3. The summed E-state index contributed by atoms with van der Waals surface area (Å²) in [7, 11) is 0. The van der Waals surface area contributed by atoms with E-state index in [1.807, 2.05) is 0 Å². The van der Waals surface area contributed by atoms with E-state index in [9.17, 15) is 28.9 Å². The molecule has 28 heavy (non-hydrogen) atoms. The van der Waals surface area contributed by atoms with E-state index < -0.39 is 35.0 Å². The predicted molar refractivity (Wildman–Crippen MR) is 93.0 cm³/mol. The lowest BCUT2D eigenvalue weighted by Crippen LogP contribution is -2.49. The normalized spacial score (nSPS) is 12.6. The van der Waals surface area contributed by atoms with Crippen molar-refractivity contribution in [2.75, 3.05) is 18.1 Å². The largest absolute Gasteiger partial charge is 0.482 e. The molecule has 0 unspecified atom stereocenters. The van der Waals surface area contributed by atoms with Crippen LogP contribution in [-0.2, 0) is 9.59 Å².